The average Bonchev–Trinajstić information content (AvgIpc) is 2.54. The summed E-state index contributed by atoms with van der Waals surface area (Å²) >= 11 is 5.93. The minimum absolute atomic E-state index is 0.0493. The Balaban J connectivity index is 2.36. The summed E-state index contributed by atoms with van der Waals surface area (Å²) in [5.74, 6) is -0.868. The van der Waals surface area contributed by atoms with E-state index < -0.39 is 27.8 Å². The second kappa shape index (κ2) is 7.92. The molecule has 2 aromatic rings. The van der Waals surface area contributed by atoms with Crippen LogP contribution >= 0.6 is 11.6 Å². The average molecular weight is 401 g/mol. The molecule has 1 unspecified atom stereocenters. The molecule has 0 aliphatic carbocycles. The molecule has 0 radical (unpaired) electrons. The van der Waals surface area contributed by atoms with E-state index in [-0.39, 0.29) is 5.69 Å². The van der Waals surface area contributed by atoms with Crippen LogP contribution < -0.4 is 14.4 Å². The van der Waals surface area contributed by atoms with Gasteiger partial charge in [0.25, 0.3) is 0 Å². The van der Waals surface area contributed by atoms with Crippen molar-refractivity contribution in [2.45, 2.75) is 13.0 Å². The number of amides is 1. The molecule has 1 amide bonds. The van der Waals surface area contributed by atoms with Gasteiger partial charge in [0.1, 0.15) is 17.6 Å². The Morgan fingerprint density at radius 1 is 1.27 bits per heavy atom. The topological polar surface area (TPSA) is 75.7 Å². The van der Waals surface area contributed by atoms with E-state index in [0.717, 1.165) is 16.6 Å². The second-order valence-electron chi connectivity index (χ2n) is 5.55. The Labute approximate surface area is 156 Å². The van der Waals surface area contributed by atoms with Gasteiger partial charge in [0, 0.05) is 5.02 Å². The molecule has 1 N–H and O–H groups in total. The summed E-state index contributed by atoms with van der Waals surface area (Å²) in [7, 11) is -2.42. The normalized spacial score (nSPS) is 12.3. The molecular weight excluding hydrogens is 383 g/mol. The Morgan fingerprint density at radius 3 is 2.54 bits per heavy atom. The zero-order valence-electron chi connectivity index (χ0n) is 14.4. The highest BCUT2D eigenvalue weighted by Crippen LogP contribution is 2.29. The third-order valence-electron chi connectivity index (χ3n) is 3.57. The quantitative estimate of drug-likeness (QED) is 0.807. The number of anilines is 2. The van der Waals surface area contributed by atoms with E-state index in [9.17, 15) is 17.6 Å². The summed E-state index contributed by atoms with van der Waals surface area (Å²) in [4.78, 5) is 12.6. The van der Waals surface area contributed by atoms with Crippen molar-refractivity contribution in [3.63, 3.8) is 0 Å². The van der Waals surface area contributed by atoms with Gasteiger partial charge in [-0.05, 0) is 43.3 Å². The molecule has 0 aliphatic heterocycles. The van der Waals surface area contributed by atoms with Gasteiger partial charge in [-0.3, -0.25) is 9.10 Å². The van der Waals surface area contributed by atoms with E-state index in [0.29, 0.717) is 16.5 Å². The van der Waals surface area contributed by atoms with E-state index in [1.807, 2.05) is 0 Å². The number of nitrogens with zero attached hydrogens (tertiary/aromatic N) is 1. The van der Waals surface area contributed by atoms with E-state index in [1.165, 1.54) is 38.3 Å². The summed E-state index contributed by atoms with van der Waals surface area (Å²) in [5, 5.41) is 2.96. The predicted molar refractivity (Wildman–Crippen MR) is 99.8 cm³/mol. The first-order valence-corrected chi connectivity index (χ1v) is 9.75. The predicted octanol–water partition coefficient (Wildman–Crippen LogP) is 3.28. The van der Waals surface area contributed by atoms with Crippen LogP contribution in [0.4, 0.5) is 15.8 Å². The van der Waals surface area contributed by atoms with Crippen molar-refractivity contribution < 1.29 is 22.3 Å². The van der Waals surface area contributed by atoms with Crippen molar-refractivity contribution in [1.29, 1.82) is 0 Å². The molecule has 2 rings (SSSR count). The number of sulfonamides is 1. The number of methoxy groups -OCH3 is 1. The number of carbonyl (C=O) groups is 1. The highest BCUT2D eigenvalue weighted by molar-refractivity contribution is 7.92. The molecule has 9 heteroatoms. The van der Waals surface area contributed by atoms with Gasteiger partial charge in [-0.15, -0.1) is 0 Å². The Morgan fingerprint density at radius 2 is 1.96 bits per heavy atom. The molecule has 6 nitrogen and oxygen atoms in total. The maximum Gasteiger partial charge on any atom is 0.248 e. The molecular formula is C17H18ClFN2O4S. The molecule has 0 heterocycles. The van der Waals surface area contributed by atoms with Crippen LogP contribution in [0, 0.1) is 5.82 Å². The molecule has 0 spiro atoms. The van der Waals surface area contributed by atoms with Gasteiger partial charge in [-0.2, -0.15) is 0 Å². The van der Waals surface area contributed by atoms with Crippen molar-refractivity contribution in [3.05, 3.63) is 53.3 Å². The molecule has 1 atom stereocenters. The van der Waals surface area contributed by atoms with Crippen molar-refractivity contribution in [2.24, 2.45) is 0 Å². The fourth-order valence-electron chi connectivity index (χ4n) is 2.44. The minimum atomic E-state index is -3.85. The van der Waals surface area contributed by atoms with Gasteiger partial charge in [-0.1, -0.05) is 17.7 Å². The summed E-state index contributed by atoms with van der Waals surface area (Å²) in [6.45, 7) is 1.40. The molecule has 0 bridgehead atoms. The number of halogens is 2. The van der Waals surface area contributed by atoms with Gasteiger partial charge in [0.2, 0.25) is 15.9 Å². The fraction of sp³-hybridized carbons (Fsp3) is 0.235. The van der Waals surface area contributed by atoms with E-state index in [4.69, 9.17) is 16.3 Å². The van der Waals surface area contributed by atoms with Crippen LogP contribution in [-0.2, 0) is 14.8 Å². The Kier molecular flexibility index (Phi) is 6.09. The van der Waals surface area contributed by atoms with Gasteiger partial charge in [-0.25, -0.2) is 12.8 Å². The van der Waals surface area contributed by atoms with E-state index in [2.05, 4.69) is 5.32 Å². The lowest BCUT2D eigenvalue weighted by molar-refractivity contribution is -0.116. The molecule has 0 saturated carbocycles. The van der Waals surface area contributed by atoms with Crippen molar-refractivity contribution in [1.82, 2.24) is 0 Å². The van der Waals surface area contributed by atoms with Crippen molar-refractivity contribution >= 4 is 38.9 Å². The summed E-state index contributed by atoms with van der Waals surface area (Å²) < 4.78 is 43.9. The molecule has 0 fully saturated rings. The van der Waals surface area contributed by atoms with E-state index >= 15 is 0 Å². The van der Waals surface area contributed by atoms with Crippen LogP contribution in [0.25, 0.3) is 0 Å². The van der Waals surface area contributed by atoms with Crippen LogP contribution in [0.15, 0.2) is 42.5 Å². The Bertz CT molecular complexity index is 921. The zero-order chi connectivity index (χ0) is 19.5. The number of benzene rings is 2. The van der Waals surface area contributed by atoms with Crippen molar-refractivity contribution in [2.75, 3.05) is 23.0 Å². The lowest BCUT2D eigenvalue weighted by Crippen LogP contribution is -2.45. The fourth-order valence-corrected chi connectivity index (χ4v) is 3.78. The third kappa shape index (κ3) is 4.64. The SMILES string of the molecule is COc1ccc(Cl)cc1NC(=O)C(C)N(c1cccc(F)c1)S(C)(=O)=O. The molecule has 0 saturated heterocycles. The van der Waals surface area contributed by atoms with Gasteiger partial charge < -0.3 is 10.1 Å². The van der Waals surface area contributed by atoms with E-state index in [1.54, 1.807) is 12.1 Å². The lowest BCUT2D eigenvalue weighted by atomic mass is 10.2. The lowest BCUT2D eigenvalue weighted by Gasteiger charge is -2.28. The van der Waals surface area contributed by atoms with Crippen molar-refractivity contribution in [3.8, 4) is 5.75 Å². The first-order valence-electron chi connectivity index (χ1n) is 7.53. The van der Waals surface area contributed by atoms with Crippen LogP contribution in [-0.4, -0.2) is 33.7 Å². The first kappa shape index (κ1) is 20.0. The zero-order valence-corrected chi connectivity index (χ0v) is 15.9. The maximum atomic E-state index is 13.5. The third-order valence-corrected chi connectivity index (χ3v) is 5.05. The number of nitrogens with one attached hydrogen (secondary N) is 1. The van der Waals surface area contributed by atoms with Gasteiger partial charge in [0.05, 0.1) is 24.7 Å². The van der Waals surface area contributed by atoms with Gasteiger partial charge >= 0.3 is 0 Å². The molecule has 0 aromatic heterocycles. The number of hydrogen-bond donors (Lipinski definition) is 1. The van der Waals surface area contributed by atoms with Crippen LogP contribution in [0.5, 0.6) is 5.75 Å². The van der Waals surface area contributed by atoms with Crippen LogP contribution in [0.3, 0.4) is 0 Å². The summed E-state index contributed by atoms with van der Waals surface area (Å²) in [5.41, 5.74) is 0.345. The maximum absolute atomic E-state index is 13.5. The second-order valence-corrected chi connectivity index (χ2v) is 7.84. The number of carbonyl (C=O) groups excluding carboxylic acids is 1. The molecule has 26 heavy (non-hydrogen) atoms. The van der Waals surface area contributed by atoms with Crippen LogP contribution in [0.2, 0.25) is 5.02 Å². The van der Waals surface area contributed by atoms with Crippen LogP contribution in [0.1, 0.15) is 6.92 Å². The number of hydrogen-bond acceptors (Lipinski definition) is 4. The summed E-state index contributed by atoms with van der Waals surface area (Å²) in [6, 6.07) is 8.52. The molecule has 140 valence electrons. The smallest absolute Gasteiger partial charge is 0.248 e. The van der Waals surface area contributed by atoms with Gasteiger partial charge in [0.15, 0.2) is 0 Å². The number of rotatable bonds is 6. The largest absolute Gasteiger partial charge is 0.495 e. The molecule has 0 aliphatic rings. The minimum Gasteiger partial charge on any atom is -0.495 e. The monoisotopic (exact) mass is 400 g/mol. The standard InChI is InChI=1S/C17H18ClFN2O4S/c1-11(17(22)20-15-9-12(18)7-8-16(15)25-2)21(26(3,23)24)14-6-4-5-13(19)10-14/h4-11H,1-3H3,(H,20,22). The highest BCUT2D eigenvalue weighted by Gasteiger charge is 2.29. The molecule has 2 aromatic carbocycles. The number of ether oxygens (including phenoxy) is 1. The highest BCUT2D eigenvalue weighted by atomic mass is 35.5. The Hall–Kier alpha value is -2.32. The summed E-state index contributed by atoms with van der Waals surface area (Å²) in [6.07, 6.45) is 0.946. The first-order chi connectivity index (χ1) is 12.1.